The monoisotopic (exact) mass is 553 g/mol. The van der Waals surface area contributed by atoms with E-state index in [-0.39, 0.29) is 35.5 Å². The third kappa shape index (κ3) is 5.84. The lowest BCUT2D eigenvalue weighted by Gasteiger charge is -2.36. The fourth-order valence-electron chi connectivity index (χ4n) is 5.30. The molecule has 2 atom stereocenters. The van der Waals surface area contributed by atoms with E-state index in [1.165, 1.54) is 24.3 Å². The Hall–Kier alpha value is -3.02. The number of nitrogens with one attached hydrogen (secondary N) is 1. The molecule has 5 rings (SSSR count). The van der Waals surface area contributed by atoms with E-state index >= 15 is 0 Å². The summed E-state index contributed by atoms with van der Waals surface area (Å²) in [6.45, 7) is 0.250. The van der Waals surface area contributed by atoms with Crippen molar-refractivity contribution in [3.63, 3.8) is 0 Å². The van der Waals surface area contributed by atoms with Crippen LogP contribution in [0.5, 0.6) is 5.75 Å². The van der Waals surface area contributed by atoms with Crippen molar-refractivity contribution in [1.82, 2.24) is 4.72 Å². The lowest BCUT2D eigenvalue weighted by atomic mass is 9.80. The van der Waals surface area contributed by atoms with Gasteiger partial charge in [0.25, 0.3) is 0 Å². The number of hydrogen-bond acceptors (Lipinski definition) is 4. The highest BCUT2D eigenvalue weighted by molar-refractivity contribution is 7.89. The van der Waals surface area contributed by atoms with E-state index in [2.05, 4.69) is 9.46 Å². The molecule has 3 aromatic carbocycles. The number of aryl methyl sites for hydroxylation is 2. The molecule has 1 aliphatic carbocycles. The maximum atomic E-state index is 14.1. The van der Waals surface area contributed by atoms with Crippen molar-refractivity contribution in [3.05, 3.63) is 94.6 Å². The fraction of sp³-hybridized carbons (Fsp3) is 0.333. The van der Waals surface area contributed by atoms with Crippen molar-refractivity contribution >= 4 is 10.0 Å². The summed E-state index contributed by atoms with van der Waals surface area (Å²) in [6.07, 6.45) is -3.65. The van der Waals surface area contributed by atoms with Gasteiger partial charge in [0, 0.05) is 18.6 Å². The predicted molar refractivity (Wildman–Crippen MR) is 128 cm³/mol. The highest BCUT2D eigenvalue weighted by Crippen LogP contribution is 2.41. The molecule has 0 unspecified atom stereocenters. The summed E-state index contributed by atoms with van der Waals surface area (Å²) in [4.78, 5) is -0.203. The molecule has 2 aliphatic rings. The molecule has 11 heteroatoms. The second kappa shape index (κ2) is 10.3. The average molecular weight is 554 g/mol. The molecule has 0 radical (unpaired) electrons. The molecule has 0 spiro atoms. The van der Waals surface area contributed by atoms with E-state index in [0.717, 1.165) is 46.5 Å². The van der Waals surface area contributed by atoms with Crippen LogP contribution in [0.3, 0.4) is 0 Å². The summed E-state index contributed by atoms with van der Waals surface area (Å²) in [5.74, 6) is -1.64. The molecular weight excluding hydrogens is 529 g/mol. The molecule has 3 aromatic rings. The first-order chi connectivity index (χ1) is 18.0. The molecule has 38 heavy (non-hydrogen) atoms. The Kier molecular flexibility index (Phi) is 7.19. The molecule has 0 amide bonds. The molecule has 0 saturated carbocycles. The minimum absolute atomic E-state index is 0.203. The number of fused-ring (bicyclic) bond motifs is 2. The van der Waals surface area contributed by atoms with Gasteiger partial charge in [0.1, 0.15) is 17.4 Å². The van der Waals surface area contributed by atoms with Crippen molar-refractivity contribution in [2.75, 3.05) is 6.61 Å². The quantitative estimate of drug-likeness (QED) is 0.417. The molecule has 1 N–H and O–H groups in total. The Labute approximate surface area is 216 Å². The van der Waals surface area contributed by atoms with Crippen molar-refractivity contribution in [2.24, 2.45) is 0 Å². The number of ether oxygens (including phenoxy) is 2. The van der Waals surface area contributed by atoms with Crippen LogP contribution >= 0.6 is 0 Å². The largest absolute Gasteiger partial charge is 0.573 e. The standard InChI is InChI=1S/C27H24F5NO4S/c28-18-3-9-23-16(13-18)1-2-17-14-19(29)4-10-24(17)26(23)25-15-20(11-12-36-25)33-38(34,35)22-7-5-21(6-8-22)37-27(30,31)32/h3-10,13-14,20,25-26,33H,1-2,11-12,15H2/t20-,25-/m0/s1. The number of halogens is 5. The first-order valence-corrected chi connectivity index (χ1v) is 13.5. The summed E-state index contributed by atoms with van der Waals surface area (Å²) >= 11 is 0. The van der Waals surface area contributed by atoms with E-state index in [0.29, 0.717) is 19.3 Å². The molecule has 1 heterocycles. The topological polar surface area (TPSA) is 64.6 Å². The lowest BCUT2D eigenvalue weighted by molar-refractivity contribution is -0.274. The fourth-order valence-corrected chi connectivity index (χ4v) is 6.58. The van der Waals surface area contributed by atoms with Crippen LogP contribution in [0.4, 0.5) is 22.0 Å². The lowest BCUT2D eigenvalue weighted by Crippen LogP contribution is -2.44. The van der Waals surface area contributed by atoms with Crippen LogP contribution in [-0.2, 0) is 27.6 Å². The van der Waals surface area contributed by atoms with Gasteiger partial charge in [-0.2, -0.15) is 0 Å². The van der Waals surface area contributed by atoms with Gasteiger partial charge in [-0.15, -0.1) is 13.2 Å². The molecule has 202 valence electrons. The van der Waals surface area contributed by atoms with Crippen molar-refractivity contribution < 1.29 is 39.8 Å². The zero-order valence-corrected chi connectivity index (χ0v) is 20.8. The Balaban J connectivity index is 1.39. The summed E-state index contributed by atoms with van der Waals surface area (Å²) in [6, 6.07) is 12.5. The maximum Gasteiger partial charge on any atom is 0.573 e. The molecule has 1 saturated heterocycles. The van der Waals surface area contributed by atoms with Gasteiger partial charge in [-0.25, -0.2) is 21.9 Å². The van der Waals surface area contributed by atoms with Crippen molar-refractivity contribution in [1.29, 1.82) is 0 Å². The molecule has 1 fully saturated rings. The Bertz CT molecular complexity index is 1370. The normalized spacial score (nSPS) is 20.3. The maximum absolute atomic E-state index is 14.1. The molecule has 0 bridgehead atoms. The minimum atomic E-state index is -4.89. The molecule has 1 aliphatic heterocycles. The van der Waals surface area contributed by atoms with E-state index in [4.69, 9.17) is 4.74 Å². The summed E-state index contributed by atoms with van der Waals surface area (Å²) < 4.78 is 104. The third-order valence-corrected chi connectivity index (χ3v) is 8.46. The molecular formula is C27H24F5NO4S. The van der Waals surface area contributed by atoms with Crippen molar-refractivity contribution in [2.45, 2.75) is 55.0 Å². The van der Waals surface area contributed by atoms with E-state index < -0.39 is 34.3 Å². The Morgan fingerprint density at radius 2 is 1.45 bits per heavy atom. The van der Waals surface area contributed by atoms with Gasteiger partial charge >= 0.3 is 6.36 Å². The highest BCUT2D eigenvalue weighted by atomic mass is 32.2. The molecule has 5 nitrogen and oxygen atoms in total. The number of hydrogen-bond donors (Lipinski definition) is 1. The first kappa shape index (κ1) is 26.6. The van der Waals surface area contributed by atoms with Crippen LogP contribution in [0.2, 0.25) is 0 Å². The van der Waals surface area contributed by atoms with Gasteiger partial charge in [0.15, 0.2) is 0 Å². The smallest absolute Gasteiger partial charge is 0.406 e. The van der Waals surface area contributed by atoms with Gasteiger partial charge in [0.05, 0.1) is 11.0 Å². The SMILES string of the molecule is O=S(=O)(N[C@H]1CCO[C@H](C2c3ccc(F)cc3CCc3cc(F)ccc32)C1)c1ccc(OC(F)(F)F)cc1. The number of alkyl halides is 3. The summed E-state index contributed by atoms with van der Waals surface area (Å²) in [5, 5.41) is 0. The highest BCUT2D eigenvalue weighted by Gasteiger charge is 2.37. The van der Waals surface area contributed by atoms with Crippen molar-refractivity contribution in [3.8, 4) is 5.75 Å². The second-order valence-electron chi connectivity index (χ2n) is 9.43. The van der Waals surface area contributed by atoms with Crippen LogP contribution < -0.4 is 9.46 Å². The summed E-state index contributed by atoms with van der Waals surface area (Å²) in [5.41, 5.74) is 3.29. The number of benzene rings is 3. The number of rotatable bonds is 5. The summed E-state index contributed by atoms with van der Waals surface area (Å²) in [7, 11) is -4.06. The van der Waals surface area contributed by atoms with Gasteiger partial charge in [-0.3, -0.25) is 0 Å². The average Bonchev–Trinajstić information content (AvgIpc) is 2.99. The Morgan fingerprint density at radius 3 is 2.00 bits per heavy atom. The minimum Gasteiger partial charge on any atom is -0.406 e. The molecule has 0 aromatic heterocycles. The van der Waals surface area contributed by atoms with E-state index in [1.54, 1.807) is 12.1 Å². The van der Waals surface area contributed by atoms with Gasteiger partial charge < -0.3 is 9.47 Å². The van der Waals surface area contributed by atoms with Crippen LogP contribution in [0, 0.1) is 11.6 Å². The van der Waals surface area contributed by atoms with Crippen LogP contribution in [0.15, 0.2) is 65.6 Å². The van der Waals surface area contributed by atoms with Gasteiger partial charge in [0.2, 0.25) is 10.0 Å². The third-order valence-electron chi connectivity index (χ3n) is 6.92. The van der Waals surface area contributed by atoms with Gasteiger partial charge in [-0.1, -0.05) is 12.1 Å². The van der Waals surface area contributed by atoms with E-state index in [1.807, 2.05) is 0 Å². The zero-order chi connectivity index (χ0) is 27.1. The van der Waals surface area contributed by atoms with Gasteiger partial charge in [-0.05, 0) is 96.5 Å². The van der Waals surface area contributed by atoms with Crippen LogP contribution in [-0.4, -0.2) is 33.5 Å². The first-order valence-electron chi connectivity index (χ1n) is 12.0. The van der Waals surface area contributed by atoms with E-state index in [9.17, 15) is 30.4 Å². The Morgan fingerprint density at radius 1 is 0.868 bits per heavy atom. The van der Waals surface area contributed by atoms with Crippen LogP contribution in [0.25, 0.3) is 0 Å². The zero-order valence-electron chi connectivity index (χ0n) is 20.0. The number of sulfonamides is 1. The van der Waals surface area contributed by atoms with Crippen LogP contribution in [0.1, 0.15) is 41.0 Å². The second-order valence-corrected chi connectivity index (χ2v) is 11.1. The predicted octanol–water partition coefficient (Wildman–Crippen LogP) is 5.62.